The third kappa shape index (κ3) is 3.50. The van der Waals surface area contributed by atoms with Gasteiger partial charge in [0.1, 0.15) is 13.2 Å². The zero-order valence-corrected chi connectivity index (χ0v) is 10.6. The van der Waals surface area contributed by atoms with Crippen molar-refractivity contribution in [1.82, 2.24) is 19.9 Å². The number of nitrogens with two attached hydrogens (primary N) is 1. The van der Waals surface area contributed by atoms with E-state index in [4.69, 9.17) is 10.5 Å². The Kier molecular flexibility index (Phi) is 4.45. The summed E-state index contributed by atoms with van der Waals surface area (Å²) in [6.07, 6.45) is 3.80. The summed E-state index contributed by atoms with van der Waals surface area (Å²) in [5, 5.41) is 7.84. The van der Waals surface area contributed by atoms with Crippen LogP contribution in [0.1, 0.15) is 18.5 Å². The molecule has 1 aliphatic rings. The van der Waals surface area contributed by atoms with Crippen LogP contribution in [0.15, 0.2) is 6.20 Å². The topological polar surface area (TPSA) is 103 Å². The molecule has 0 radical (unpaired) electrons. The molecule has 0 bridgehead atoms. The van der Waals surface area contributed by atoms with Gasteiger partial charge < -0.3 is 10.5 Å². The molecular formula is C11H17N5O3. The van der Waals surface area contributed by atoms with E-state index in [-0.39, 0.29) is 19.1 Å². The fraction of sp³-hybridized carbons (Fsp3) is 0.636. The van der Waals surface area contributed by atoms with Gasteiger partial charge in [0.15, 0.2) is 0 Å². The first-order valence-corrected chi connectivity index (χ1v) is 6.27. The monoisotopic (exact) mass is 267 g/mol. The minimum Gasteiger partial charge on any atom is -0.447 e. The number of carbonyl (C=O) groups is 2. The second kappa shape index (κ2) is 6.28. The molecule has 2 rings (SSSR count). The van der Waals surface area contributed by atoms with Gasteiger partial charge in [-0.3, -0.25) is 4.79 Å². The number of hydrogen-bond acceptors (Lipinski definition) is 6. The van der Waals surface area contributed by atoms with Gasteiger partial charge in [-0.1, -0.05) is 5.21 Å². The molecule has 0 saturated carbocycles. The summed E-state index contributed by atoms with van der Waals surface area (Å²) in [6.45, 7) is 1.21. The van der Waals surface area contributed by atoms with Crippen molar-refractivity contribution < 1.29 is 14.3 Å². The van der Waals surface area contributed by atoms with Crippen molar-refractivity contribution in [2.24, 2.45) is 5.73 Å². The zero-order chi connectivity index (χ0) is 13.7. The van der Waals surface area contributed by atoms with E-state index in [1.54, 1.807) is 6.20 Å². The summed E-state index contributed by atoms with van der Waals surface area (Å²) >= 11 is 0. The molecular weight excluding hydrogens is 250 g/mol. The number of imide groups is 1. The number of nitrogens with zero attached hydrogens (tertiary/aromatic N) is 4. The van der Waals surface area contributed by atoms with E-state index in [0.717, 1.165) is 29.9 Å². The van der Waals surface area contributed by atoms with Crippen LogP contribution in [0.25, 0.3) is 0 Å². The summed E-state index contributed by atoms with van der Waals surface area (Å²) in [5.74, 6) is -0.332. The van der Waals surface area contributed by atoms with E-state index >= 15 is 0 Å². The van der Waals surface area contributed by atoms with E-state index in [0.29, 0.717) is 13.1 Å². The second-order valence-electron chi connectivity index (χ2n) is 4.31. The molecule has 104 valence electrons. The molecule has 2 amide bonds. The van der Waals surface area contributed by atoms with Gasteiger partial charge in [-0.15, -0.1) is 5.10 Å². The fourth-order valence-electron chi connectivity index (χ4n) is 1.82. The molecule has 19 heavy (non-hydrogen) atoms. The lowest BCUT2D eigenvalue weighted by Crippen LogP contribution is -2.34. The number of aryl methyl sites for hydroxylation is 1. The summed E-state index contributed by atoms with van der Waals surface area (Å²) in [7, 11) is 0. The molecule has 0 atom stereocenters. The molecule has 1 aromatic rings. The minimum atomic E-state index is -0.590. The van der Waals surface area contributed by atoms with E-state index in [9.17, 15) is 9.59 Å². The summed E-state index contributed by atoms with van der Waals surface area (Å²) in [6, 6.07) is 0. The predicted molar refractivity (Wildman–Crippen MR) is 65.1 cm³/mol. The Morgan fingerprint density at radius 3 is 3.00 bits per heavy atom. The summed E-state index contributed by atoms with van der Waals surface area (Å²) < 4.78 is 6.14. The lowest BCUT2D eigenvalue weighted by atomic mass is 10.2. The Labute approximate surface area is 110 Å². The van der Waals surface area contributed by atoms with Crippen LogP contribution in [0.2, 0.25) is 0 Å². The number of carbonyl (C=O) groups excluding carboxylic acids is 2. The Balaban J connectivity index is 1.85. The number of cyclic esters (lactones) is 1. The third-order valence-corrected chi connectivity index (χ3v) is 2.83. The highest BCUT2D eigenvalue weighted by atomic mass is 16.6. The van der Waals surface area contributed by atoms with Crippen molar-refractivity contribution in [3.05, 3.63) is 11.9 Å². The molecule has 8 heteroatoms. The first-order valence-electron chi connectivity index (χ1n) is 6.27. The molecule has 1 aliphatic heterocycles. The van der Waals surface area contributed by atoms with E-state index in [2.05, 4.69) is 10.3 Å². The lowest BCUT2D eigenvalue weighted by Gasteiger charge is -2.09. The van der Waals surface area contributed by atoms with Crippen LogP contribution in [0.4, 0.5) is 4.79 Å². The lowest BCUT2D eigenvalue weighted by molar-refractivity contribution is -0.128. The first kappa shape index (κ1) is 13.5. The van der Waals surface area contributed by atoms with Crippen molar-refractivity contribution in [3.8, 4) is 0 Å². The molecule has 0 aromatic carbocycles. The molecule has 8 nitrogen and oxygen atoms in total. The molecule has 0 spiro atoms. The number of amides is 2. The molecule has 2 N–H and O–H groups in total. The highest BCUT2D eigenvalue weighted by molar-refractivity contribution is 5.92. The number of ether oxygens (including phenoxy) is 1. The highest BCUT2D eigenvalue weighted by Gasteiger charge is 2.28. The Bertz CT molecular complexity index is 459. The van der Waals surface area contributed by atoms with Gasteiger partial charge in [-0.05, 0) is 25.8 Å². The van der Waals surface area contributed by atoms with Gasteiger partial charge in [0.05, 0.1) is 12.2 Å². The Morgan fingerprint density at radius 1 is 1.47 bits per heavy atom. The molecule has 1 fully saturated rings. The highest BCUT2D eigenvalue weighted by Crippen LogP contribution is 2.05. The number of unbranched alkanes of at least 4 members (excludes halogenated alkanes) is 1. The normalized spacial score (nSPS) is 14.8. The predicted octanol–water partition coefficient (Wildman–Crippen LogP) is -0.462. The summed E-state index contributed by atoms with van der Waals surface area (Å²) in [5.41, 5.74) is 6.24. The van der Waals surface area contributed by atoms with Crippen LogP contribution in [-0.4, -0.2) is 51.6 Å². The number of hydrogen-bond donors (Lipinski definition) is 1. The second-order valence-corrected chi connectivity index (χ2v) is 4.31. The summed E-state index contributed by atoms with van der Waals surface area (Å²) in [4.78, 5) is 24.1. The zero-order valence-electron chi connectivity index (χ0n) is 10.6. The van der Waals surface area contributed by atoms with Crippen LogP contribution >= 0.6 is 0 Å². The van der Waals surface area contributed by atoms with E-state index in [1.165, 1.54) is 4.68 Å². The number of aromatic nitrogens is 3. The van der Waals surface area contributed by atoms with Crippen molar-refractivity contribution >= 4 is 12.0 Å². The maximum absolute atomic E-state index is 11.8. The standard InChI is InChI=1S/C11H17N5O3/c12-4-2-1-3-9-7-15(14-13-9)8-10(17)16-5-6-19-11(16)18/h7H,1-6,8,12H2. The molecule has 0 aliphatic carbocycles. The van der Waals surface area contributed by atoms with E-state index in [1.807, 2.05) is 0 Å². The van der Waals surface area contributed by atoms with Gasteiger partial charge in [0, 0.05) is 6.20 Å². The first-order chi connectivity index (χ1) is 9.20. The minimum absolute atomic E-state index is 0.00100. The maximum Gasteiger partial charge on any atom is 0.416 e. The SMILES string of the molecule is NCCCCc1cn(CC(=O)N2CCOC2=O)nn1. The van der Waals surface area contributed by atoms with Crippen LogP contribution in [0.3, 0.4) is 0 Å². The third-order valence-electron chi connectivity index (χ3n) is 2.83. The van der Waals surface area contributed by atoms with Gasteiger partial charge >= 0.3 is 6.09 Å². The fourth-order valence-corrected chi connectivity index (χ4v) is 1.82. The van der Waals surface area contributed by atoms with Crippen LogP contribution in [-0.2, 0) is 22.5 Å². The van der Waals surface area contributed by atoms with Gasteiger partial charge in [0.2, 0.25) is 0 Å². The maximum atomic E-state index is 11.8. The molecule has 2 heterocycles. The quantitative estimate of drug-likeness (QED) is 0.699. The average molecular weight is 267 g/mol. The largest absolute Gasteiger partial charge is 0.447 e. The van der Waals surface area contributed by atoms with Crippen molar-refractivity contribution in [2.75, 3.05) is 19.7 Å². The molecule has 0 unspecified atom stereocenters. The average Bonchev–Trinajstić information content (AvgIpc) is 2.99. The van der Waals surface area contributed by atoms with Gasteiger partial charge in [-0.25, -0.2) is 14.4 Å². The number of rotatable bonds is 6. The Morgan fingerprint density at radius 2 is 2.32 bits per heavy atom. The van der Waals surface area contributed by atoms with Crippen LogP contribution in [0, 0.1) is 0 Å². The van der Waals surface area contributed by atoms with Crippen LogP contribution in [0.5, 0.6) is 0 Å². The van der Waals surface area contributed by atoms with Crippen LogP contribution < -0.4 is 5.73 Å². The van der Waals surface area contributed by atoms with Crippen molar-refractivity contribution in [3.63, 3.8) is 0 Å². The van der Waals surface area contributed by atoms with E-state index < -0.39 is 6.09 Å². The van der Waals surface area contributed by atoms with Gasteiger partial charge in [0.25, 0.3) is 5.91 Å². The van der Waals surface area contributed by atoms with Crippen molar-refractivity contribution in [2.45, 2.75) is 25.8 Å². The molecule has 1 aromatic heterocycles. The molecule has 1 saturated heterocycles. The Hall–Kier alpha value is -1.96. The smallest absolute Gasteiger partial charge is 0.416 e. The van der Waals surface area contributed by atoms with Crippen molar-refractivity contribution in [1.29, 1.82) is 0 Å². The van der Waals surface area contributed by atoms with Gasteiger partial charge in [-0.2, -0.15) is 0 Å².